The molecule has 2 aliphatic rings. The van der Waals surface area contributed by atoms with Crippen LogP contribution in [0.1, 0.15) is 24.0 Å². The summed E-state index contributed by atoms with van der Waals surface area (Å²) in [5.74, 6) is 2.71. The second-order valence-corrected chi connectivity index (χ2v) is 10.3. The predicted octanol–water partition coefficient (Wildman–Crippen LogP) is 4.49. The van der Waals surface area contributed by atoms with Gasteiger partial charge in [-0.1, -0.05) is 12.1 Å². The number of alkyl halides is 3. The van der Waals surface area contributed by atoms with Gasteiger partial charge in [-0.2, -0.15) is 18.2 Å². The summed E-state index contributed by atoms with van der Waals surface area (Å²) in [7, 11) is 5.35. The van der Waals surface area contributed by atoms with Crippen molar-refractivity contribution in [1.29, 1.82) is 0 Å². The zero-order valence-electron chi connectivity index (χ0n) is 22.6. The Hall–Kier alpha value is -3.31. The van der Waals surface area contributed by atoms with Crippen molar-refractivity contribution in [2.24, 2.45) is 0 Å². The number of piperazine rings is 1. The van der Waals surface area contributed by atoms with Crippen molar-refractivity contribution in [2.45, 2.75) is 31.6 Å². The predicted molar refractivity (Wildman–Crippen MR) is 146 cm³/mol. The normalized spacial score (nSPS) is 17.9. The maximum Gasteiger partial charge on any atom is 0.416 e. The maximum atomic E-state index is 12.9. The molecule has 0 saturated carbocycles. The van der Waals surface area contributed by atoms with E-state index in [1.807, 2.05) is 12.1 Å². The number of rotatable bonds is 7. The van der Waals surface area contributed by atoms with Crippen molar-refractivity contribution in [3.63, 3.8) is 0 Å². The molecule has 5 rings (SSSR count). The van der Waals surface area contributed by atoms with E-state index in [0.29, 0.717) is 24.0 Å². The zero-order chi connectivity index (χ0) is 27.6. The summed E-state index contributed by atoms with van der Waals surface area (Å²) in [6.07, 6.45) is -2.53. The van der Waals surface area contributed by atoms with E-state index in [0.717, 1.165) is 86.5 Å². The molecule has 0 bridgehead atoms. The Kier molecular flexibility index (Phi) is 7.99. The molecule has 3 aromatic rings. The van der Waals surface area contributed by atoms with Crippen LogP contribution < -0.4 is 19.7 Å². The Morgan fingerprint density at radius 1 is 0.897 bits per heavy atom. The Morgan fingerprint density at radius 2 is 1.54 bits per heavy atom. The van der Waals surface area contributed by atoms with E-state index in [1.54, 1.807) is 26.4 Å². The van der Waals surface area contributed by atoms with Crippen LogP contribution in [0.5, 0.6) is 11.5 Å². The summed E-state index contributed by atoms with van der Waals surface area (Å²) < 4.78 is 49.7. The number of likely N-dealkylation sites (N-methyl/N-ethyl adjacent to an activating group) is 1. The average Bonchev–Trinajstić information content (AvgIpc) is 2.93. The van der Waals surface area contributed by atoms with Gasteiger partial charge in [-0.3, -0.25) is 4.90 Å². The number of halogens is 3. The number of nitrogens with zero attached hydrogens (tertiary/aromatic N) is 5. The van der Waals surface area contributed by atoms with Crippen LogP contribution in [-0.4, -0.2) is 86.3 Å². The fourth-order valence-corrected chi connectivity index (χ4v) is 5.19. The van der Waals surface area contributed by atoms with E-state index in [4.69, 9.17) is 19.4 Å². The molecule has 0 spiro atoms. The lowest BCUT2D eigenvalue weighted by atomic mass is 10.0. The molecule has 210 valence electrons. The van der Waals surface area contributed by atoms with Gasteiger partial charge in [-0.15, -0.1) is 0 Å². The van der Waals surface area contributed by atoms with Crippen LogP contribution in [0, 0.1) is 0 Å². The second kappa shape index (κ2) is 11.4. The van der Waals surface area contributed by atoms with Gasteiger partial charge in [0, 0.05) is 63.3 Å². The smallest absolute Gasteiger partial charge is 0.416 e. The Labute approximate surface area is 226 Å². The van der Waals surface area contributed by atoms with Crippen LogP contribution >= 0.6 is 0 Å². The molecule has 1 N–H and O–H groups in total. The maximum absolute atomic E-state index is 12.9. The fourth-order valence-electron chi connectivity index (χ4n) is 5.19. The number of hydrogen-bond donors (Lipinski definition) is 1. The molecule has 0 aliphatic carbocycles. The van der Waals surface area contributed by atoms with Crippen LogP contribution in [0.25, 0.3) is 10.9 Å². The quantitative estimate of drug-likeness (QED) is 0.467. The highest BCUT2D eigenvalue weighted by atomic mass is 19.4. The molecule has 2 saturated heterocycles. The lowest BCUT2D eigenvalue weighted by Crippen LogP contribution is -2.45. The molecular weight excluding hydrogens is 509 g/mol. The third kappa shape index (κ3) is 6.30. The molecule has 2 fully saturated rings. The molecule has 8 nitrogen and oxygen atoms in total. The number of fused-ring (bicyclic) bond motifs is 1. The van der Waals surface area contributed by atoms with E-state index >= 15 is 0 Å². The van der Waals surface area contributed by atoms with Gasteiger partial charge >= 0.3 is 6.18 Å². The minimum atomic E-state index is -4.31. The molecule has 0 atom stereocenters. The molecule has 0 unspecified atom stereocenters. The second-order valence-electron chi connectivity index (χ2n) is 10.3. The minimum absolute atomic E-state index is 0.209. The molecule has 2 aromatic carbocycles. The van der Waals surface area contributed by atoms with Crippen molar-refractivity contribution in [3.05, 3.63) is 47.5 Å². The van der Waals surface area contributed by atoms with Crippen molar-refractivity contribution < 1.29 is 22.6 Å². The van der Waals surface area contributed by atoms with Crippen molar-refractivity contribution in [1.82, 2.24) is 19.8 Å². The van der Waals surface area contributed by atoms with Crippen LogP contribution in [0.2, 0.25) is 0 Å². The van der Waals surface area contributed by atoms with Crippen LogP contribution in [0.4, 0.5) is 24.9 Å². The first-order chi connectivity index (χ1) is 18.7. The lowest BCUT2D eigenvalue weighted by Gasteiger charge is -2.34. The summed E-state index contributed by atoms with van der Waals surface area (Å²) in [6.45, 7) is 5.93. The minimum Gasteiger partial charge on any atom is -0.493 e. The van der Waals surface area contributed by atoms with E-state index in [9.17, 15) is 13.2 Å². The number of piperidine rings is 1. The molecule has 3 heterocycles. The lowest BCUT2D eigenvalue weighted by molar-refractivity contribution is -0.137. The van der Waals surface area contributed by atoms with Crippen LogP contribution in [-0.2, 0) is 12.7 Å². The van der Waals surface area contributed by atoms with Gasteiger partial charge < -0.3 is 24.6 Å². The highest BCUT2D eigenvalue weighted by molar-refractivity contribution is 5.93. The zero-order valence-corrected chi connectivity index (χ0v) is 22.6. The first kappa shape index (κ1) is 27.3. The van der Waals surface area contributed by atoms with Gasteiger partial charge in [-0.05, 0) is 43.7 Å². The monoisotopic (exact) mass is 544 g/mol. The number of anilines is 2. The third-order valence-corrected chi connectivity index (χ3v) is 7.59. The van der Waals surface area contributed by atoms with Crippen molar-refractivity contribution in [3.8, 4) is 11.5 Å². The number of ether oxygens (including phenoxy) is 2. The van der Waals surface area contributed by atoms with E-state index in [1.165, 1.54) is 0 Å². The molecule has 2 aliphatic heterocycles. The van der Waals surface area contributed by atoms with Gasteiger partial charge in [0.15, 0.2) is 11.5 Å². The Balaban J connectivity index is 1.31. The molecule has 0 amide bonds. The van der Waals surface area contributed by atoms with Gasteiger partial charge in [0.25, 0.3) is 0 Å². The van der Waals surface area contributed by atoms with Gasteiger partial charge in [0.05, 0.1) is 25.3 Å². The number of likely N-dealkylation sites (tertiary alicyclic amines) is 1. The third-order valence-electron chi connectivity index (χ3n) is 7.59. The van der Waals surface area contributed by atoms with Gasteiger partial charge in [0.2, 0.25) is 5.95 Å². The fraction of sp³-hybridized carbons (Fsp3) is 0.500. The van der Waals surface area contributed by atoms with E-state index in [2.05, 4.69) is 27.1 Å². The first-order valence-electron chi connectivity index (χ1n) is 13.3. The Morgan fingerprint density at radius 3 is 2.15 bits per heavy atom. The average molecular weight is 545 g/mol. The number of aromatic nitrogens is 2. The first-order valence-corrected chi connectivity index (χ1v) is 13.3. The SMILES string of the molecule is COc1cc2nc(N3CCN(C)CC3)nc(NC3CCN(Cc4ccc(C(F)(F)F)cc4)CC3)c2cc1OC. The highest BCUT2D eigenvalue weighted by Gasteiger charge is 2.30. The topological polar surface area (TPSA) is 66.0 Å². The number of nitrogens with one attached hydrogen (secondary N) is 1. The molecule has 0 radical (unpaired) electrons. The summed E-state index contributed by atoms with van der Waals surface area (Å²) >= 11 is 0. The summed E-state index contributed by atoms with van der Waals surface area (Å²) in [5.41, 5.74) is 1.06. The van der Waals surface area contributed by atoms with Gasteiger partial charge in [0.1, 0.15) is 5.82 Å². The molecular formula is C28H35F3N6O2. The highest BCUT2D eigenvalue weighted by Crippen LogP contribution is 2.36. The largest absolute Gasteiger partial charge is 0.493 e. The molecule has 39 heavy (non-hydrogen) atoms. The molecule has 1 aromatic heterocycles. The summed E-state index contributed by atoms with van der Waals surface area (Å²) in [4.78, 5) is 16.6. The summed E-state index contributed by atoms with van der Waals surface area (Å²) in [6, 6.07) is 9.48. The van der Waals surface area contributed by atoms with Crippen molar-refractivity contribution >= 4 is 22.7 Å². The summed E-state index contributed by atoms with van der Waals surface area (Å²) in [5, 5.41) is 4.55. The number of benzene rings is 2. The van der Waals surface area contributed by atoms with E-state index in [-0.39, 0.29) is 6.04 Å². The Bertz CT molecular complexity index is 1270. The van der Waals surface area contributed by atoms with Gasteiger partial charge in [-0.25, -0.2) is 4.98 Å². The van der Waals surface area contributed by atoms with E-state index < -0.39 is 11.7 Å². The van der Waals surface area contributed by atoms with Crippen LogP contribution in [0.15, 0.2) is 36.4 Å². The number of hydrogen-bond acceptors (Lipinski definition) is 8. The van der Waals surface area contributed by atoms with Crippen molar-refractivity contribution in [2.75, 3.05) is 70.8 Å². The van der Waals surface area contributed by atoms with Crippen LogP contribution in [0.3, 0.4) is 0 Å². The molecule has 11 heteroatoms. The number of methoxy groups -OCH3 is 2. The standard InChI is InChI=1S/C28H35F3N6O2/c1-35-12-14-37(15-13-35)27-33-23-17-25(39-3)24(38-2)16-22(23)26(34-27)32-21-8-10-36(11-9-21)18-19-4-6-20(7-5-19)28(29,30)31/h4-7,16-17,21H,8-15,18H2,1-3H3,(H,32,33,34).